The standard InChI is InChI=1S/C21H18BrFN2O3/c1-27-19-8-5-12-9-13(22)6-7-14(12)15(19)10-25-18-4-2-3-16(23)20(18)28-11-17(24)21(25)26/h2-9,17H,10-11,24H2,1H3/t17-/m0/s1. The number of amides is 1. The van der Waals surface area contributed by atoms with Crippen LogP contribution in [0.15, 0.2) is 53.0 Å². The zero-order valence-corrected chi connectivity index (χ0v) is 16.7. The summed E-state index contributed by atoms with van der Waals surface area (Å²) < 4.78 is 26.3. The molecule has 0 fully saturated rings. The van der Waals surface area contributed by atoms with E-state index in [-0.39, 0.29) is 24.8 Å². The molecule has 0 bridgehead atoms. The van der Waals surface area contributed by atoms with Crippen LogP contribution < -0.4 is 20.1 Å². The number of hydrogen-bond donors (Lipinski definition) is 1. The monoisotopic (exact) mass is 444 g/mol. The Morgan fingerprint density at radius 3 is 2.89 bits per heavy atom. The molecule has 0 saturated heterocycles. The number of ether oxygens (including phenoxy) is 2. The first kappa shape index (κ1) is 18.7. The van der Waals surface area contributed by atoms with Crippen molar-refractivity contribution in [2.24, 2.45) is 5.73 Å². The van der Waals surface area contributed by atoms with E-state index < -0.39 is 11.9 Å². The number of carbonyl (C=O) groups is 1. The van der Waals surface area contributed by atoms with Gasteiger partial charge in [-0.25, -0.2) is 4.39 Å². The van der Waals surface area contributed by atoms with Gasteiger partial charge in [-0.3, -0.25) is 4.79 Å². The van der Waals surface area contributed by atoms with E-state index in [1.807, 2.05) is 30.3 Å². The van der Waals surface area contributed by atoms with E-state index in [2.05, 4.69) is 15.9 Å². The van der Waals surface area contributed by atoms with Gasteiger partial charge < -0.3 is 20.1 Å². The van der Waals surface area contributed by atoms with Crippen LogP contribution in [0.5, 0.6) is 11.5 Å². The number of hydrogen-bond acceptors (Lipinski definition) is 4. The van der Waals surface area contributed by atoms with Crippen molar-refractivity contribution in [1.29, 1.82) is 0 Å². The summed E-state index contributed by atoms with van der Waals surface area (Å²) in [5.74, 6) is -0.191. The number of benzene rings is 3. The molecule has 0 saturated carbocycles. The normalized spacial score (nSPS) is 16.5. The number of nitrogens with two attached hydrogens (primary N) is 1. The minimum Gasteiger partial charge on any atom is -0.496 e. The highest BCUT2D eigenvalue weighted by Crippen LogP contribution is 2.37. The molecule has 0 aromatic heterocycles. The highest BCUT2D eigenvalue weighted by molar-refractivity contribution is 9.10. The molecule has 1 heterocycles. The predicted octanol–water partition coefficient (Wildman–Crippen LogP) is 4.00. The molecule has 5 nitrogen and oxygen atoms in total. The molecule has 2 N–H and O–H groups in total. The zero-order valence-electron chi connectivity index (χ0n) is 15.1. The smallest absolute Gasteiger partial charge is 0.247 e. The Morgan fingerprint density at radius 2 is 2.11 bits per heavy atom. The number of anilines is 1. The third kappa shape index (κ3) is 3.21. The van der Waals surface area contributed by atoms with Crippen LogP contribution in [0.2, 0.25) is 0 Å². The Bertz CT molecular complexity index is 1070. The molecular formula is C21H18BrFN2O3. The van der Waals surface area contributed by atoms with Crippen LogP contribution in [-0.4, -0.2) is 25.7 Å². The summed E-state index contributed by atoms with van der Waals surface area (Å²) in [5, 5.41) is 1.93. The van der Waals surface area contributed by atoms with E-state index in [9.17, 15) is 9.18 Å². The predicted molar refractivity (Wildman–Crippen MR) is 109 cm³/mol. The minimum absolute atomic E-state index is 0.0331. The maximum absolute atomic E-state index is 14.3. The van der Waals surface area contributed by atoms with Crippen molar-refractivity contribution in [1.82, 2.24) is 0 Å². The lowest BCUT2D eigenvalue weighted by Crippen LogP contribution is -2.45. The van der Waals surface area contributed by atoms with Gasteiger partial charge in [0.2, 0.25) is 5.91 Å². The Labute approximate surface area is 170 Å². The van der Waals surface area contributed by atoms with Crippen molar-refractivity contribution in [3.8, 4) is 11.5 Å². The fourth-order valence-corrected chi connectivity index (χ4v) is 3.82. The maximum Gasteiger partial charge on any atom is 0.247 e. The van der Waals surface area contributed by atoms with Crippen molar-refractivity contribution >= 4 is 38.3 Å². The third-order valence-electron chi connectivity index (χ3n) is 4.81. The van der Waals surface area contributed by atoms with E-state index in [1.54, 1.807) is 19.2 Å². The number of halogens is 2. The first-order valence-corrected chi connectivity index (χ1v) is 9.52. The van der Waals surface area contributed by atoms with E-state index in [0.717, 1.165) is 20.8 Å². The quantitative estimate of drug-likeness (QED) is 0.662. The van der Waals surface area contributed by atoms with E-state index in [4.69, 9.17) is 15.2 Å². The van der Waals surface area contributed by atoms with Crippen LogP contribution in [0.25, 0.3) is 10.8 Å². The molecule has 7 heteroatoms. The Kier molecular flexibility index (Phi) is 4.95. The topological polar surface area (TPSA) is 64.8 Å². The Morgan fingerprint density at radius 1 is 1.29 bits per heavy atom. The fourth-order valence-electron chi connectivity index (χ4n) is 3.44. The molecule has 1 aliphatic rings. The summed E-state index contributed by atoms with van der Waals surface area (Å²) in [6.45, 7) is 0.0946. The lowest BCUT2D eigenvalue weighted by molar-refractivity contribution is -0.120. The van der Waals surface area contributed by atoms with Crippen molar-refractivity contribution in [2.45, 2.75) is 12.6 Å². The van der Waals surface area contributed by atoms with Crippen molar-refractivity contribution in [2.75, 3.05) is 18.6 Å². The molecule has 1 aliphatic heterocycles. The van der Waals surface area contributed by atoms with Crippen LogP contribution >= 0.6 is 15.9 Å². The van der Waals surface area contributed by atoms with Crippen molar-refractivity contribution in [3.63, 3.8) is 0 Å². The molecule has 0 spiro atoms. The second-order valence-electron chi connectivity index (χ2n) is 6.54. The van der Waals surface area contributed by atoms with Gasteiger partial charge in [0.15, 0.2) is 11.6 Å². The van der Waals surface area contributed by atoms with E-state index >= 15 is 0 Å². The van der Waals surface area contributed by atoms with E-state index in [1.165, 1.54) is 11.0 Å². The van der Waals surface area contributed by atoms with Gasteiger partial charge in [0.1, 0.15) is 18.4 Å². The van der Waals surface area contributed by atoms with Gasteiger partial charge >= 0.3 is 0 Å². The summed E-state index contributed by atoms with van der Waals surface area (Å²) >= 11 is 3.48. The van der Waals surface area contributed by atoms with Gasteiger partial charge in [-0.1, -0.05) is 34.1 Å². The highest BCUT2D eigenvalue weighted by Gasteiger charge is 2.31. The summed E-state index contributed by atoms with van der Waals surface area (Å²) in [5.41, 5.74) is 7.14. The lowest BCUT2D eigenvalue weighted by Gasteiger charge is -2.25. The summed E-state index contributed by atoms with van der Waals surface area (Å²) in [4.78, 5) is 14.4. The SMILES string of the molecule is COc1ccc2cc(Br)ccc2c1CN1C(=O)[C@@H](N)COc2c(F)cccc21. The summed E-state index contributed by atoms with van der Waals surface area (Å²) in [6, 6.07) is 13.3. The van der Waals surface area contributed by atoms with Crippen molar-refractivity contribution < 1.29 is 18.7 Å². The number of methoxy groups -OCH3 is 1. The average molecular weight is 445 g/mol. The fraction of sp³-hybridized carbons (Fsp3) is 0.190. The molecular weight excluding hydrogens is 427 g/mol. The molecule has 1 atom stereocenters. The second-order valence-corrected chi connectivity index (χ2v) is 7.46. The molecule has 144 valence electrons. The van der Waals surface area contributed by atoms with Gasteiger partial charge in [0, 0.05) is 10.0 Å². The third-order valence-corrected chi connectivity index (χ3v) is 5.31. The number of para-hydroxylation sites is 1. The Balaban J connectivity index is 1.88. The van der Waals surface area contributed by atoms with Gasteiger partial charge in [0.25, 0.3) is 0 Å². The van der Waals surface area contributed by atoms with Gasteiger partial charge in [0.05, 0.1) is 19.3 Å². The number of fused-ring (bicyclic) bond motifs is 2. The van der Waals surface area contributed by atoms with E-state index in [0.29, 0.717) is 11.4 Å². The van der Waals surface area contributed by atoms with Crippen LogP contribution in [0.4, 0.5) is 10.1 Å². The first-order valence-electron chi connectivity index (χ1n) is 8.73. The molecule has 3 aromatic rings. The average Bonchev–Trinajstić information content (AvgIpc) is 2.80. The molecule has 1 amide bonds. The molecule has 0 radical (unpaired) electrons. The number of nitrogens with zero attached hydrogens (tertiary/aromatic N) is 1. The lowest BCUT2D eigenvalue weighted by atomic mass is 10.0. The van der Waals surface area contributed by atoms with Crippen LogP contribution in [0.1, 0.15) is 5.56 Å². The number of rotatable bonds is 3. The molecule has 28 heavy (non-hydrogen) atoms. The molecule has 3 aromatic carbocycles. The van der Waals surface area contributed by atoms with Gasteiger partial charge in [-0.2, -0.15) is 0 Å². The second kappa shape index (κ2) is 7.41. The van der Waals surface area contributed by atoms with Gasteiger partial charge in [-0.15, -0.1) is 0 Å². The van der Waals surface area contributed by atoms with Crippen LogP contribution in [0, 0.1) is 5.82 Å². The summed E-state index contributed by atoms with van der Waals surface area (Å²) in [7, 11) is 1.58. The zero-order chi connectivity index (χ0) is 19.8. The van der Waals surface area contributed by atoms with Crippen molar-refractivity contribution in [3.05, 3.63) is 64.4 Å². The number of carbonyl (C=O) groups excluding carboxylic acids is 1. The first-order chi connectivity index (χ1) is 13.5. The Hall–Kier alpha value is -2.64. The summed E-state index contributed by atoms with van der Waals surface area (Å²) in [6.07, 6.45) is 0. The maximum atomic E-state index is 14.3. The highest BCUT2D eigenvalue weighted by atomic mass is 79.9. The van der Waals surface area contributed by atoms with Gasteiger partial charge in [-0.05, 0) is 41.1 Å². The molecule has 0 unspecified atom stereocenters. The van der Waals surface area contributed by atoms with Crippen LogP contribution in [0.3, 0.4) is 0 Å². The largest absolute Gasteiger partial charge is 0.496 e. The molecule has 4 rings (SSSR count). The minimum atomic E-state index is -0.887. The van der Waals surface area contributed by atoms with Crippen LogP contribution in [-0.2, 0) is 11.3 Å². The molecule has 0 aliphatic carbocycles.